The maximum Gasteiger partial charge on any atom is 0.254 e. The van der Waals surface area contributed by atoms with Crippen molar-refractivity contribution in [2.45, 2.75) is 33.2 Å². The number of nitriles is 1. The number of hydrogen-bond acceptors (Lipinski definition) is 3. The lowest BCUT2D eigenvalue weighted by Crippen LogP contribution is -2.37. The standard InChI is InChI=1S/C17H21N3O/c1-13(2)20(11-5-10-19)17(21)16-8-7-14(3)15(12-16)6-4-9-18/h7-8,12-13H,5,9,11,18H2,1-3H3. The summed E-state index contributed by atoms with van der Waals surface area (Å²) in [5.74, 6) is 5.72. The van der Waals surface area contributed by atoms with Crippen LogP contribution in [0.2, 0.25) is 0 Å². The second kappa shape index (κ2) is 8.09. The van der Waals surface area contributed by atoms with Crippen LogP contribution in [0.1, 0.15) is 41.8 Å². The second-order valence-electron chi connectivity index (χ2n) is 5.04. The highest BCUT2D eigenvalue weighted by Crippen LogP contribution is 2.14. The molecule has 4 heteroatoms. The van der Waals surface area contributed by atoms with Gasteiger partial charge in [-0.3, -0.25) is 4.79 Å². The van der Waals surface area contributed by atoms with Gasteiger partial charge in [0.15, 0.2) is 0 Å². The van der Waals surface area contributed by atoms with E-state index in [1.54, 1.807) is 17.0 Å². The molecule has 4 nitrogen and oxygen atoms in total. The quantitative estimate of drug-likeness (QED) is 0.860. The molecule has 0 saturated carbocycles. The van der Waals surface area contributed by atoms with Crippen molar-refractivity contribution in [3.8, 4) is 17.9 Å². The Kier molecular flexibility index (Phi) is 6.46. The Hall–Kier alpha value is -2.30. The predicted molar refractivity (Wildman–Crippen MR) is 83.5 cm³/mol. The molecule has 0 aliphatic heterocycles. The molecule has 2 N–H and O–H groups in total. The van der Waals surface area contributed by atoms with Gasteiger partial charge < -0.3 is 10.6 Å². The second-order valence-corrected chi connectivity index (χ2v) is 5.04. The summed E-state index contributed by atoms with van der Waals surface area (Å²) in [6, 6.07) is 7.60. The third kappa shape index (κ3) is 4.63. The van der Waals surface area contributed by atoms with Gasteiger partial charge in [-0.1, -0.05) is 17.9 Å². The first kappa shape index (κ1) is 16.8. The number of benzene rings is 1. The molecule has 0 aliphatic rings. The summed E-state index contributed by atoms with van der Waals surface area (Å²) in [4.78, 5) is 14.3. The molecular formula is C17H21N3O. The molecule has 1 aromatic carbocycles. The van der Waals surface area contributed by atoms with E-state index >= 15 is 0 Å². The van der Waals surface area contributed by atoms with Crippen LogP contribution in [-0.2, 0) is 0 Å². The molecule has 1 amide bonds. The minimum atomic E-state index is -0.0731. The molecule has 0 fully saturated rings. The average molecular weight is 283 g/mol. The van der Waals surface area contributed by atoms with Crippen LogP contribution >= 0.6 is 0 Å². The molecule has 0 bridgehead atoms. The van der Waals surface area contributed by atoms with Gasteiger partial charge in [0.05, 0.1) is 19.0 Å². The molecular weight excluding hydrogens is 262 g/mol. The van der Waals surface area contributed by atoms with Gasteiger partial charge in [0.1, 0.15) is 0 Å². The number of carbonyl (C=O) groups excluding carboxylic acids is 1. The zero-order chi connectivity index (χ0) is 15.8. The third-order valence-corrected chi connectivity index (χ3v) is 3.16. The third-order valence-electron chi connectivity index (χ3n) is 3.16. The summed E-state index contributed by atoms with van der Waals surface area (Å²) in [5.41, 5.74) is 7.81. The van der Waals surface area contributed by atoms with Crippen molar-refractivity contribution in [2.75, 3.05) is 13.1 Å². The van der Waals surface area contributed by atoms with Crippen LogP contribution in [0.4, 0.5) is 0 Å². The highest BCUT2D eigenvalue weighted by molar-refractivity contribution is 5.95. The summed E-state index contributed by atoms with van der Waals surface area (Å²) in [7, 11) is 0. The average Bonchev–Trinajstić information content (AvgIpc) is 2.46. The molecule has 0 heterocycles. The Morgan fingerprint density at radius 2 is 2.14 bits per heavy atom. The number of aryl methyl sites for hydroxylation is 1. The van der Waals surface area contributed by atoms with Crippen molar-refractivity contribution in [1.82, 2.24) is 4.90 Å². The molecule has 0 saturated heterocycles. The molecule has 1 aromatic rings. The number of rotatable bonds is 4. The monoisotopic (exact) mass is 283 g/mol. The molecule has 21 heavy (non-hydrogen) atoms. The zero-order valence-corrected chi connectivity index (χ0v) is 12.8. The van der Waals surface area contributed by atoms with E-state index in [1.807, 2.05) is 26.8 Å². The van der Waals surface area contributed by atoms with Crippen LogP contribution in [-0.4, -0.2) is 29.9 Å². The molecule has 0 atom stereocenters. The van der Waals surface area contributed by atoms with Gasteiger partial charge in [0.25, 0.3) is 5.91 Å². The molecule has 0 aliphatic carbocycles. The summed E-state index contributed by atoms with van der Waals surface area (Å²) in [6.45, 7) is 6.56. The number of nitrogens with zero attached hydrogens (tertiary/aromatic N) is 2. The molecule has 0 aromatic heterocycles. The summed E-state index contributed by atoms with van der Waals surface area (Å²) < 4.78 is 0. The van der Waals surface area contributed by atoms with Crippen molar-refractivity contribution in [1.29, 1.82) is 5.26 Å². The predicted octanol–water partition coefficient (Wildman–Crippen LogP) is 2.07. The lowest BCUT2D eigenvalue weighted by atomic mass is 10.0. The van der Waals surface area contributed by atoms with E-state index in [-0.39, 0.29) is 18.5 Å². The molecule has 0 unspecified atom stereocenters. The normalized spacial score (nSPS) is 9.71. The van der Waals surface area contributed by atoms with Gasteiger partial charge in [-0.15, -0.1) is 0 Å². The van der Waals surface area contributed by atoms with Gasteiger partial charge >= 0.3 is 0 Å². The fraction of sp³-hybridized carbons (Fsp3) is 0.412. The fourth-order valence-corrected chi connectivity index (χ4v) is 1.97. The molecule has 110 valence electrons. The lowest BCUT2D eigenvalue weighted by Gasteiger charge is -2.26. The summed E-state index contributed by atoms with van der Waals surface area (Å²) >= 11 is 0. The SMILES string of the molecule is Cc1ccc(C(=O)N(CCC#N)C(C)C)cc1C#CCN. The maximum atomic E-state index is 12.6. The first-order chi connectivity index (χ1) is 10.0. The Labute approximate surface area is 126 Å². The van der Waals surface area contributed by atoms with Crippen LogP contribution in [0.3, 0.4) is 0 Å². The van der Waals surface area contributed by atoms with Crippen LogP contribution in [0.15, 0.2) is 18.2 Å². The van der Waals surface area contributed by atoms with Gasteiger partial charge in [-0.2, -0.15) is 5.26 Å². The lowest BCUT2D eigenvalue weighted by molar-refractivity contribution is 0.0710. The van der Waals surface area contributed by atoms with Crippen molar-refractivity contribution in [3.63, 3.8) is 0 Å². The molecule has 0 radical (unpaired) electrons. The van der Waals surface area contributed by atoms with E-state index < -0.39 is 0 Å². The minimum absolute atomic E-state index is 0.0470. The molecule has 1 rings (SSSR count). The van der Waals surface area contributed by atoms with E-state index in [4.69, 9.17) is 11.0 Å². The number of carbonyl (C=O) groups is 1. The largest absolute Gasteiger partial charge is 0.335 e. The summed E-state index contributed by atoms with van der Waals surface area (Å²) in [6.07, 6.45) is 0.329. The van der Waals surface area contributed by atoms with E-state index in [1.165, 1.54) is 0 Å². The Balaban J connectivity index is 3.08. The Morgan fingerprint density at radius 1 is 1.43 bits per heavy atom. The van der Waals surface area contributed by atoms with E-state index in [0.717, 1.165) is 11.1 Å². The fourth-order valence-electron chi connectivity index (χ4n) is 1.97. The highest BCUT2D eigenvalue weighted by atomic mass is 16.2. The molecule has 0 spiro atoms. The van der Waals surface area contributed by atoms with E-state index in [9.17, 15) is 4.79 Å². The Bertz CT molecular complexity index is 603. The van der Waals surface area contributed by atoms with E-state index in [2.05, 4.69) is 17.9 Å². The minimum Gasteiger partial charge on any atom is -0.335 e. The van der Waals surface area contributed by atoms with Gasteiger partial charge in [-0.05, 0) is 38.5 Å². The highest BCUT2D eigenvalue weighted by Gasteiger charge is 2.18. The van der Waals surface area contributed by atoms with Crippen molar-refractivity contribution >= 4 is 5.91 Å². The van der Waals surface area contributed by atoms with Crippen molar-refractivity contribution in [3.05, 3.63) is 34.9 Å². The number of nitrogens with two attached hydrogens (primary N) is 1. The van der Waals surface area contributed by atoms with E-state index in [0.29, 0.717) is 18.5 Å². The zero-order valence-electron chi connectivity index (χ0n) is 12.8. The van der Waals surface area contributed by atoms with Crippen LogP contribution < -0.4 is 5.73 Å². The van der Waals surface area contributed by atoms with Gasteiger partial charge in [0, 0.05) is 23.7 Å². The number of hydrogen-bond donors (Lipinski definition) is 1. The van der Waals surface area contributed by atoms with Gasteiger partial charge in [-0.25, -0.2) is 0 Å². The Morgan fingerprint density at radius 3 is 2.71 bits per heavy atom. The van der Waals surface area contributed by atoms with Crippen LogP contribution in [0.5, 0.6) is 0 Å². The smallest absolute Gasteiger partial charge is 0.254 e. The van der Waals surface area contributed by atoms with Crippen LogP contribution in [0, 0.1) is 30.1 Å². The topological polar surface area (TPSA) is 70.1 Å². The maximum absolute atomic E-state index is 12.6. The summed E-state index contributed by atoms with van der Waals surface area (Å²) in [5, 5.41) is 8.71. The first-order valence-corrected chi connectivity index (χ1v) is 6.98. The van der Waals surface area contributed by atoms with Crippen molar-refractivity contribution in [2.24, 2.45) is 5.73 Å². The van der Waals surface area contributed by atoms with Crippen LogP contribution in [0.25, 0.3) is 0 Å². The van der Waals surface area contributed by atoms with Gasteiger partial charge in [0.2, 0.25) is 0 Å². The first-order valence-electron chi connectivity index (χ1n) is 6.98. The number of amides is 1. The van der Waals surface area contributed by atoms with Crippen molar-refractivity contribution < 1.29 is 4.79 Å².